The number of likely N-dealkylation sites (N-methyl/N-ethyl adjacent to an activating group) is 1. The van der Waals surface area contributed by atoms with E-state index in [4.69, 9.17) is 10.1 Å². The van der Waals surface area contributed by atoms with E-state index < -0.39 is 0 Å². The van der Waals surface area contributed by atoms with Crippen molar-refractivity contribution in [3.63, 3.8) is 0 Å². The van der Waals surface area contributed by atoms with Gasteiger partial charge in [-0.1, -0.05) is 16.3 Å². The van der Waals surface area contributed by atoms with Gasteiger partial charge in [-0.15, -0.1) is 0 Å². The number of benzene rings is 1. The molecule has 0 saturated heterocycles. The molecule has 3 rings (SSSR count). The van der Waals surface area contributed by atoms with Crippen molar-refractivity contribution in [1.29, 1.82) is 0 Å². The average molecular weight is 283 g/mol. The lowest BCUT2D eigenvalue weighted by Crippen LogP contribution is -2.20. The van der Waals surface area contributed by atoms with Crippen molar-refractivity contribution >= 4 is 11.6 Å². The number of rotatable bonds is 3. The molecule has 0 bridgehead atoms. The maximum Gasteiger partial charge on any atom is 0.231 e. The predicted octanol–water partition coefficient (Wildman–Crippen LogP) is 2.98. The molecule has 106 valence electrons. The van der Waals surface area contributed by atoms with Crippen LogP contribution >= 0.6 is 0 Å². The first-order valence-electron chi connectivity index (χ1n) is 6.47. The van der Waals surface area contributed by atoms with E-state index >= 15 is 0 Å². The van der Waals surface area contributed by atoms with Gasteiger partial charge in [-0.05, 0) is 30.2 Å². The third-order valence-corrected chi connectivity index (χ3v) is 3.71. The van der Waals surface area contributed by atoms with Crippen LogP contribution < -0.4 is 4.90 Å². The smallest absolute Gasteiger partial charge is 0.231 e. The van der Waals surface area contributed by atoms with Crippen LogP contribution in [0.2, 0.25) is 0 Å². The Kier molecular flexibility index (Phi) is 3.12. The number of carbonyl (C=O) groups is 1. The number of hydrogen-bond donors (Lipinski definition) is 0. The van der Waals surface area contributed by atoms with Crippen LogP contribution in [0, 0.1) is 6.92 Å². The summed E-state index contributed by atoms with van der Waals surface area (Å²) in [4.78, 5) is 16.1. The zero-order chi connectivity index (χ0) is 15.0. The number of anilines is 1. The number of aromatic nitrogens is 1. The van der Waals surface area contributed by atoms with Gasteiger partial charge in [-0.2, -0.15) is 0 Å². The first-order valence-corrected chi connectivity index (χ1v) is 6.47. The van der Waals surface area contributed by atoms with Crippen LogP contribution in [0.4, 0.5) is 5.69 Å². The molecule has 0 fully saturated rings. The average Bonchev–Trinajstić information content (AvgIpc) is 2.97. The van der Waals surface area contributed by atoms with Crippen LogP contribution in [0.25, 0.3) is 21.7 Å². The Morgan fingerprint density at radius 2 is 2.33 bits per heavy atom. The molecule has 1 amide bonds. The van der Waals surface area contributed by atoms with Gasteiger partial charge in [0.2, 0.25) is 5.91 Å². The second-order valence-corrected chi connectivity index (χ2v) is 4.93. The summed E-state index contributed by atoms with van der Waals surface area (Å²) >= 11 is 0. The second-order valence-electron chi connectivity index (χ2n) is 4.93. The number of hydrogen-bond acceptors (Lipinski definition) is 4. The minimum atomic E-state index is 0.0767. The normalized spacial score (nSPS) is 13.2. The van der Waals surface area contributed by atoms with E-state index in [1.807, 2.05) is 18.2 Å². The summed E-state index contributed by atoms with van der Waals surface area (Å²) in [5.41, 5.74) is 12.6. The second kappa shape index (κ2) is 4.96. The van der Waals surface area contributed by atoms with Crippen LogP contribution in [0.3, 0.4) is 0 Å². The van der Waals surface area contributed by atoms with Gasteiger partial charge >= 0.3 is 0 Å². The molecule has 7 nitrogen and oxygen atoms in total. The fraction of sp³-hybridized carbons (Fsp3) is 0.286. The highest BCUT2D eigenvalue weighted by molar-refractivity contribution is 6.01. The maximum absolute atomic E-state index is 11.7. The lowest BCUT2D eigenvalue weighted by atomic mass is 10.0. The van der Waals surface area contributed by atoms with Crippen molar-refractivity contribution in [2.24, 2.45) is 5.11 Å². The fourth-order valence-electron chi connectivity index (χ4n) is 2.52. The van der Waals surface area contributed by atoms with Gasteiger partial charge in [0.05, 0.1) is 13.0 Å². The van der Waals surface area contributed by atoms with Crippen LogP contribution in [0.1, 0.15) is 16.9 Å². The van der Waals surface area contributed by atoms with E-state index in [9.17, 15) is 4.79 Å². The number of azide groups is 1. The number of carbonyl (C=O) groups excluding carboxylic acids is 1. The summed E-state index contributed by atoms with van der Waals surface area (Å²) in [6, 6.07) is 5.73. The summed E-state index contributed by atoms with van der Waals surface area (Å²) in [6.07, 6.45) is 0.391. The minimum absolute atomic E-state index is 0.0767. The van der Waals surface area contributed by atoms with Crippen molar-refractivity contribution < 1.29 is 9.32 Å². The molecule has 0 N–H and O–H groups in total. The van der Waals surface area contributed by atoms with Crippen molar-refractivity contribution in [3.8, 4) is 11.3 Å². The number of amides is 1. The van der Waals surface area contributed by atoms with E-state index in [-0.39, 0.29) is 12.5 Å². The van der Waals surface area contributed by atoms with Crippen molar-refractivity contribution in [2.45, 2.75) is 19.9 Å². The molecule has 2 heterocycles. The molecule has 0 spiro atoms. The molecule has 7 heteroatoms. The van der Waals surface area contributed by atoms with Gasteiger partial charge in [-0.25, -0.2) is 0 Å². The van der Waals surface area contributed by atoms with E-state index in [0.29, 0.717) is 17.9 Å². The predicted molar refractivity (Wildman–Crippen MR) is 76.6 cm³/mol. The Morgan fingerprint density at radius 1 is 1.52 bits per heavy atom. The van der Waals surface area contributed by atoms with Gasteiger partial charge in [-0.3, -0.25) is 4.79 Å². The zero-order valence-corrected chi connectivity index (χ0v) is 11.7. The summed E-state index contributed by atoms with van der Waals surface area (Å²) in [5.74, 6) is 0.707. The molecule has 21 heavy (non-hydrogen) atoms. The molecule has 1 aliphatic heterocycles. The molecular formula is C14H13N5O2. The molecule has 0 unspecified atom stereocenters. The van der Waals surface area contributed by atoms with Gasteiger partial charge in [0.15, 0.2) is 0 Å². The lowest BCUT2D eigenvalue weighted by molar-refractivity contribution is -0.117. The van der Waals surface area contributed by atoms with E-state index in [2.05, 4.69) is 15.2 Å². The topological polar surface area (TPSA) is 95.1 Å². The Bertz CT molecular complexity index is 774. The Hall–Kier alpha value is -2.79. The van der Waals surface area contributed by atoms with E-state index in [1.165, 1.54) is 0 Å². The van der Waals surface area contributed by atoms with Gasteiger partial charge in [0, 0.05) is 28.8 Å². The minimum Gasteiger partial charge on any atom is -0.361 e. The van der Waals surface area contributed by atoms with Crippen LogP contribution in [0.15, 0.2) is 27.8 Å². The Morgan fingerprint density at radius 3 is 3.10 bits per heavy atom. The molecule has 1 aliphatic rings. The highest BCUT2D eigenvalue weighted by Gasteiger charge is 2.25. The summed E-state index contributed by atoms with van der Waals surface area (Å²) < 4.78 is 5.20. The lowest BCUT2D eigenvalue weighted by Gasteiger charge is -2.10. The molecule has 1 aromatic carbocycles. The van der Waals surface area contributed by atoms with Crippen LogP contribution in [0.5, 0.6) is 0 Å². The van der Waals surface area contributed by atoms with Gasteiger partial charge in [0.25, 0.3) is 0 Å². The molecule has 0 saturated carbocycles. The molecule has 0 radical (unpaired) electrons. The monoisotopic (exact) mass is 283 g/mol. The first kappa shape index (κ1) is 13.2. The zero-order valence-electron chi connectivity index (χ0n) is 11.7. The summed E-state index contributed by atoms with van der Waals surface area (Å²) in [6.45, 7) is 1.97. The number of nitrogens with zero attached hydrogens (tertiary/aromatic N) is 5. The highest BCUT2D eigenvalue weighted by atomic mass is 16.5. The standard InChI is InChI=1S/C14H13N5O2/c1-8-11(7-16-18-15)14(17-21-8)9-3-4-12-10(5-9)6-13(20)19(12)2/h3-5H,6-7H2,1-2H3. The van der Waals surface area contributed by atoms with Crippen molar-refractivity contribution in [1.82, 2.24) is 5.16 Å². The molecule has 0 aliphatic carbocycles. The van der Waals surface area contributed by atoms with Gasteiger partial charge < -0.3 is 9.42 Å². The number of fused-ring (bicyclic) bond motifs is 1. The van der Waals surface area contributed by atoms with Crippen molar-refractivity contribution in [3.05, 3.63) is 45.5 Å². The Balaban J connectivity index is 2.05. The molecule has 1 aromatic heterocycles. The molecular weight excluding hydrogens is 270 g/mol. The molecule has 0 atom stereocenters. The van der Waals surface area contributed by atoms with Gasteiger partial charge in [0.1, 0.15) is 11.5 Å². The summed E-state index contributed by atoms with van der Waals surface area (Å²) in [7, 11) is 1.77. The Labute approximate surface area is 120 Å². The van der Waals surface area contributed by atoms with Crippen LogP contribution in [-0.4, -0.2) is 18.1 Å². The van der Waals surface area contributed by atoms with E-state index in [1.54, 1.807) is 18.9 Å². The molecule has 2 aromatic rings. The highest BCUT2D eigenvalue weighted by Crippen LogP contribution is 2.33. The summed E-state index contributed by atoms with van der Waals surface area (Å²) in [5, 5.41) is 7.62. The van der Waals surface area contributed by atoms with Crippen molar-refractivity contribution in [2.75, 3.05) is 11.9 Å². The first-order chi connectivity index (χ1) is 10.1. The number of aryl methyl sites for hydroxylation is 1. The SMILES string of the molecule is Cc1onc(-c2ccc3c(c2)CC(=O)N3C)c1CN=[N+]=[N-]. The third kappa shape index (κ3) is 2.13. The van der Waals surface area contributed by atoms with Crippen LogP contribution in [-0.2, 0) is 17.8 Å². The van der Waals surface area contributed by atoms with E-state index in [0.717, 1.165) is 22.4 Å². The largest absolute Gasteiger partial charge is 0.361 e. The fourth-order valence-corrected chi connectivity index (χ4v) is 2.52. The maximum atomic E-state index is 11.7. The third-order valence-electron chi connectivity index (χ3n) is 3.71. The quantitative estimate of drug-likeness (QED) is 0.492.